The van der Waals surface area contributed by atoms with Crippen LogP contribution in [0.2, 0.25) is 0 Å². The average Bonchev–Trinajstić information content (AvgIpc) is 2.38. The third-order valence-electron chi connectivity index (χ3n) is 1.73. The van der Waals surface area contributed by atoms with E-state index in [1.807, 2.05) is 39.2 Å². The molecular formula is C10H14BrCuN4S+. The first-order valence-corrected chi connectivity index (χ1v) is 7.40. The van der Waals surface area contributed by atoms with E-state index in [0.717, 1.165) is 11.4 Å². The van der Waals surface area contributed by atoms with Gasteiger partial charge in [-0.1, -0.05) is 6.07 Å². The van der Waals surface area contributed by atoms with Crippen LogP contribution in [-0.2, 0) is 26.4 Å². The van der Waals surface area contributed by atoms with Gasteiger partial charge in [0.15, 0.2) is 17.3 Å². The third-order valence-corrected chi connectivity index (χ3v) is 2.21. The van der Waals surface area contributed by atoms with Gasteiger partial charge in [-0.05, 0) is 33.2 Å². The van der Waals surface area contributed by atoms with Gasteiger partial charge in [0, 0.05) is 11.9 Å². The molecule has 1 heterocycles. The molecule has 0 radical (unpaired) electrons. The first-order chi connectivity index (χ1) is 8.11. The molecule has 0 N–H and O–H groups in total. The molecule has 0 aromatic carbocycles. The summed E-state index contributed by atoms with van der Waals surface area (Å²) in [5.74, 6) is 0. The number of thiol groups is 1. The van der Waals surface area contributed by atoms with E-state index in [2.05, 4.69) is 56.0 Å². The van der Waals surface area contributed by atoms with Crippen LogP contribution in [0, 0.1) is 0 Å². The fraction of sp³-hybridized carbons (Fsp3) is 0.300. The Labute approximate surface area is 122 Å². The quantitative estimate of drug-likeness (QED) is 0.201. The predicted octanol–water partition coefficient (Wildman–Crippen LogP) is 1.95. The van der Waals surface area contributed by atoms with Crippen LogP contribution >= 0.6 is 14.1 Å². The number of halogens is 1. The van der Waals surface area contributed by atoms with Crippen LogP contribution in [0.4, 0.5) is 0 Å². The second kappa shape index (κ2) is 9.67. The van der Waals surface area contributed by atoms with E-state index in [9.17, 15) is 0 Å². The Morgan fingerprint density at radius 2 is 2.12 bits per heavy atom. The van der Waals surface area contributed by atoms with Gasteiger partial charge in [0.2, 0.25) is 0 Å². The average molecular weight is 366 g/mol. The van der Waals surface area contributed by atoms with Gasteiger partial charge >= 0.3 is 28.3 Å². The van der Waals surface area contributed by atoms with Crippen LogP contribution < -0.4 is 0 Å². The van der Waals surface area contributed by atoms with Crippen molar-refractivity contribution in [1.29, 1.82) is 0 Å². The third kappa shape index (κ3) is 6.85. The van der Waals surface area contributed by atoms with E-state index < -0.39 is 0 Å². The fourth-order valence-electron chi connectivity index (χ4n) is 0.837. The molecule has 0 saturated carbocycles. The molecule has 4 nitrogen and oxygen atoms in total. The van der Waals surface area contributed by atoms with Crippen LogP contribution in [-0.4, -0.2) is 34.8 Å². The molecule has 0 fully saturated rings. The zero-order valence-electron chi connectivity index (χ0n) is 9.72. The van der Waals surface area contributed by atoms with Gasteiger partial charge in [0.25, 0.3) is 0 Å². The second-order valence-electron chi connectivity index (χ2n) is 3.19. The summed E-state index contributed by atoms with van der Waals surface area (Å²) in [7, 11) is 3.72. The van der Waals surface area contributed by atoms with Crippen molar-refractivity contribution in [2.45, 2.75) is 6.92 Å². The van der Waals surface area contributed by atoms with Crippen molar-refractivity contribution in [3.05, 3.63) is 35.5 Å². The molecule has 0 amide bonds. The van der Waals surface area contributed by atoms with E-state index in [0.29, 0.717) is 5.11 Å². The molecule has 0 aliphatic heterocycles. The predicted molar refractivity (Wildman–Crippen MR) is 76.2 cm³/mol. The number of pyridine rings is 1. The molecule has 0 spiro atoms. The van der Waals surface area contributed by atoms with Crippen LogP contribution in [0.25, 0.3) is 5.43 Å². The molecule has 0 atom stereocenters. The normalized spacial score (nSPS) is 10.6. The van der Waals surface area contributed by atoms with E-state index in [-0.39, 0.29) is 0 Å². The second-order valence-corrected chi connectivity index (χ2v) is 3.59. The van der Waals surface area contributed by atoms with Gasteiger partial charge in [-0.2, -0.15) is 0 Å². The summed E-state index contributed by atoms with van der Waals surface area (Å²) in [6.07, 6.45) is 1.73. The zero-order valence-corrected chi connectivity index (χ0v) is 13.1. The van der Waals surface area contributed by atoms with Gasteiger partial charge in [-0.15, -0.1) is 0 Å². The van der Waals surface area contributed by atoms with Crippen LogP contribution in [0.5, 0.6) is 0 Å². The Morgan fingerprint density at radius 1 is 1.47 bits per heavy atom. The number of aromatic nitrogens is 1. The van der Waals surface area contributed by atoms with Crippen molar-refractivity contribution >= 4 is 37.2 Å². The first-order valence-electron chi connectivity index (χ1n) is 4.62. The standard InChI is InChI=1S/C10H14N4S.BrH.Cu/c1-8(9-6-4-5-7-11-9)12-13-10(15)14(2)3;;/h4-7H,1-3H3,(H,11,13,15);1H;/q;;+2/p-1. The maximum atomic E-state index is 4.16. The Balaban J connectivity index is 0.00000121. The molecule has 0 saturated heterocycles. The molecule has 1 aromatic rings. The number of rotatable bonds is 2. The summed E-state index contributed by atoms with van der Waals surface area (Å²) in [6, 6.07) is 5.67. The SMILES string of the molecule is CC(=N[N-]C(=[SH+])N(C)C)c1ccccn1.[Cu+][Br]. The zero-order chi connectivity index (χ0) is 13.3. The molecule has 17 heavy (non-hydrogen) atoms. The molecule has 0 unspecified atom stereocenters. The van der Waals surface area contributed by atoms with Crippen molar-refractivity contribution in [2.75, 3.05) is 14.1 Å². The van der Waals surface area contributed by atoms with E-state index in [4.69, 9.17) is 0 Å². The minimum atomic E-state index is 0.560. The summed E-state index contributed by atoms with van der Waals surface area (Å²) < 4.78 is 0. The number of hydrogen-bond donors (Lipinski definition) is 0. The van der Waals surface area contributed by atoms with Crippen LogP contribution in [0.3, 0.4) is 0 Å². The van der Waals surface area contributed by atoms with Crippen LogP contribution in [0.1, 0.15) is 12.6 Å². The topological polar surface area (TPSA) is 42.6 Å². The molecule has 0 aliphatic rings. The minimum absolute atomic E-state index is 0.560. The summed E-state index contributed by atoms with van der Waals surface area (Å²) in [4.78, 5) is 5.94. The fourth-order valence-corrected chi connectivity index (χ4v) is 0.882. The molecule has 0 aliphatic carbocycles. The molecular weight excluding hydrogens is 352 g/mol. The molecule has 0 bridgehead atoms. The van der Waals surface area contributed by atoms with E-state index in [1.165, 1.54) is 0 Å². The Morgan fingerprint density at radius 3 is 2.59 bits per heavy atom. The first kappa shape index (κ1) is 16.7. The van der Waals surface area contributed by atoms with Gasteiger partial charge < -0.3 is 10.5 Å². The summed E-state index contributed by atoms with van der Waals surface area (Å²) >= 11 is 10.7. The Bertz CT molecular complexity index is 370. The summed E-state index contributed by atoms with van der Waals surface area (Å²) in [6.45, 7) is 1.86. The molecule has 1 rings (SSSR count). The monoisotopic (exact) mass is 364 g/mol. The van der Waals surface area contributed by atoms with Gasteiger partial charge in [0.1, 0.15) is 0 Å². The molecule has 97 valence electrons. The Hall–Kier alpha value is -0.331. The van der Waals surface area contributed by atoms with Crippen molar-refractivity contribution in [3.8, 4) is 0 Å². The Kier molecular flexibility index (Phi) is 9.49. The van der Waals surface area contributed by atoms with Gasteiger partial charge in [0.05, 0.1) is 5.69 Å². The van der Waals surface area contributed by atoms with Gasteiger partial charge in [-0.3, -0.25) is 9.88 Å². The molecule has 1 aromatic heterocycles. The van der Waals surface area contributed by atoms with Crippen molar-refractivity contribution in [2.24, 2.45) is 5.10 Å². The van der Waals surface area contributed by atoms with Crippen molar-refractivity contribution in [1.82, 2.24) is 9.88 Å². The van der Waals surface area contributed by atoms with Gasteiger partial charge in [-0.25, -0.2) is 0 Å². The van der Waals surface area contributed by atoms with E-state index in [1.54, 1.807) is 11.1 Å². The summed E-state index contributed by atoms with van der Waals surface area (Å²) in [5, 5.41) is 4.60. The number of hydrogen-bond acceptors (Lipinski definition) is 2. The maximum absolute atomic E-state index is 4.16. The summed E-state index contributed by atoms with van der Waals surface area (Å²) in [5.41, 5.74) is 5.54. The van der Waals surface area contributed by atoms with E-state index >= 15 is 0 Å². The van der Waals surface area contributed by atoms with Crippen molar-refractivity contribution < 1.29 is 14.2 Å². The van der Waals surface area contributed by atoms with Crippen molar-refractivity contribution in [3.63, 3.8) is 0 Å². The van der Waals surface area contributed by atoms with Crippen LogP contribution in [0.15, 0.2) is 29.5 Å². The number of nitrogens with zero attached hydrogens (tertiary/aromatic N) is 4. The molecule has 7 heteroatoms.